The van der Waals surface area contributed by atoms with Gasteiger partial charge in [0.25, 0.3) is 0 Å². The van der Waals surface area contributed by atoms with Gasteiger partial charge >= 0.3 is 0 Å². The molecule has 0 unspecified atom stereocenters. The Labute approximate surface area is 140 Å². The molecule has 1 saturated heterocycles. The highest BCUT2D eigenvalue weighted by Gasteiger charge is 2.35. The van der Waals surface area contributed by atoms with Crippen LogP contribution in [-0.4, -0.2) is 33.7 Å². The van der Waals surface area contributed by atoms with Crippen molar-refractivity contribution in [3.05, 3.63) is 52.7 Å². The zero-order valence-corrected chi connectivity index (χ0v) is 13.8. The highest BCUT2D eigenvalue weighted by Crippen LogP contribution is 2.33. The normalized spacial score (nSPS) is 20.6. The number of carbonyl (C=O) groups excluding carboxylic acids is 1. The molecular weight excluding hydrogens is 311 g/mol. The Bertz CT molecular complexity index is 724. The molecule has 6 heteroatoms. The van der Waals surface area contributed by atoms with Crippen molar-refractivity contribution in [2.24, 2.45) is 0 Å². The minimum Gasteiger partial charge on any atom is -0.391 e. The Morgan fingerprint density at radius 2 is 2.25 bits per heavy atom. The highest BCUT2D eigenvalue weighted by atomic mass is 19.1. The standard InChI is InChI=1S/C18H21FN2O3/c1-11-16(12(2)24-20-11)6-7-18(23)21-10-15(22)9-17(21)13-4-3-5-14(19)8-13/h3-5,8,15,17,22H,6-7,9-10H2,1-2H3/t15-,17+/m1/s1. The van der Waals surface area contributed by atoms with E-state index >= 15 is 0 Å². The van der Waals surface area contributed by atoms with E-state index in [0.29, 0.717) is 19.3 Å². The second-order valence-electron chi connectivity index (χ2n) is 6.31. The molecule has 2 atom stereocenters. The van der Waals surface area contributed by atoms with E-state index in [1.165, 1.54) is 12.1 Å². The molecule has 0 saturated carbocycles. The van der Waals surface area contributed by atoms with E-state index in [-0.39, 0.29) is 24.3 Å². The molecule has 0 bridgehead atoms. The van der Waals surface area contributed by atoms with Gasteiger partial charge in [0.2, 0.25) is 5.91 Å². The quantitative estimate of drug-likeness (QED) is 0.935. The molecule has 2 heterocycles. The summed E-state index contributed by atoms with van der Waals surface area (Å²) in [6, 6.07) is 5.94. The summed E-state index contributed by atoms with van der Waals surface area (Å²) in [5, 5.41) is 13.9. The van der Waals surface area contributed by atoms with Gasteiger partial charge in [-0.3, -0.25) is 4.79 Å². The molecule has 0 spiro atoms. The van der Waals surface area contributed by atoms with Crippen molar-refractivity contribution < 1.29 is 18.8 Å². The molecule has 1 aromatic heterocycles. The summed E-state index contributed by atoms with van der Waals surface area (Å²) in [5.74, 6) is 0.334. The maximum atomic E-state index is 13.5. The number of benzene rings is 1. The van der Waals surface area contributed by atoms with Gasteiger partial charge < -0.3 is 14.5 Å². The molecule has 128 valence electrons. The van der Waals surface area contributed by atoms with Crippen molar-refractivity contribution >= 4 is 5.91 Å². The number of likely N-dealkylation sites (tertiary alicyclic amines) is 1. The molecule has 24 heavy (non-hydrogen) atoms. The monoisotopic (exact) mass is 332 g/mol. The van der Waals surface area contributed by atoms with Crippen LogP contribution in [0.4, 0.5) is 4.39 Å². The van der Waals surface area contributed by atoms with Gasteiger partial charge in [0.05, 0.1) is 17.8 Å². The van der Waals surface area contributed by atoms with E-state index in [1.807, 2.05) is 13.8 Å². The van der Waals surface area contributed by atoms with Gasteiger partial charge in [0.1, 0.15) is 11.6 Å². The second kappa shape index (κ2) is 6.73. The molecule has 1 aliphatic rings. The van der Waals surface area contributed by atoms with Crippen molar-refractivity contribution in [1.82, 2.24) is 10.1 Å². The maximum absolute atomic E-state index is 13.5. The van der Waals surface area contributed by atoms with Crippen LogP contribution < -0.4 is 0 Å². The smallest absolute Gasteiger partial charge is 0.223 e. The largest absolute Gasteiger partial charge is 0.391 e. The van der Waals surface area contributed by atoms with Gasteiger partial charge in [-0.2, -0.15) is 0 Å². The van der Waals surface area contributed by atoms with E-state index in [1.54, 1.807) is 17.0 Å². The number of amides is 1. The summed E-state index contributed by atoms with van der Waals surface area (Å²) in [5.41, 5.74) is 2.46. The van der Waals surface area contributed by atoms with Crippen LogP contribution in [0.2, 0.25) is 0 Å². The molecule has 1 aromatic carbocycles. The van der Waals surface area contributed by atoms with Crippen molar-refractivity contribution in [2.45, 2.75) is 45.3 Å². The lowest BCUT2D eigenvalue weighted by molar-refractivity contribution is -0.132. The minimum absolute atomic E-state index is 0.0548. The Kier molecular flexibility index (Phi) is 4.66. The molecule has 1 amide bonds. The average Bonchev–Trinajstić information content (AvgIpc) is 3.08. The van der Waals surface area contributed by atoms with E-state index in [0.717, 1.165) is 22.6 Å². The van der Waals surface area contributed by atoms with Crippen LogP contribution in [0.1, 0.15) is 41.5 Å². The molecule has 1 N–H and O–H groups in total. The number of aliphatic hydroxyl groups excluding tert-OH is 1. The Balaban J connectivity index is 1.73. The molecule has 1 fully saturated rings. The fraction of sp³-hybridized carbons (Fsp3) is 0.444. The van der Waals surface area contributed by atoms with E-state index < -0.39 is 6.10 Å². The Morgan fingerprint density at radius 3 is 2.92 bits per heavy atom. The van der Waals surface area contributed by atoms with Gasteiger partial charge in [0.15, 0.2) is 0 Å². The topological polar surface area (TPSA) is 66.6 Å². The molecule has 1 aliphatic heterocycles. The summed E-state index contributed by atoms with van der Waals surface area (Å²) in [7, 11) is 0. The van der Waals surface area contributed by atoms with Crippen LogP contribution in [0.3, 0.4) is 0 Å². The summed E-state index contributed by atoms with van der Waals surface area (Å²) in [6.07, 6.45) is 0.700. The molecule has 3 rings (SSSR count). The summed E-state index contributed by atoms with van der Waals surface area (Å²) in [6.45, 7) is 3.96. The number of nitrogens with zero attached hydrogens (tertiary/aromatic N) is 2. The number of aromatic nitrogens is 1. The lowest BCUT2D eigenvalue weighted by atomic mass is 10.0. The molecule has 5 nitrogen and oxygen atoms in total. The zero-order chi connectivity index (χ0) is 17.3. The van der Waals surface area contributed by atoms with Gasteiger partial charge in [-0.25, -0.2) is 4.39 Å². The third-order valence-electron chi connectivity index (χ3n) is 4.60. The lowest BCUT2D eigenvalue weighted by Gasteiger charge is -2.25. The number of aliphatic hydroxyl groups is 1. The van der Waals surface area contributed by atoms with E-state index in [9.17, 15) is 14.3 Å². The molecule has 0 aliphatic carbocycles. The second-order valence-corrected chi connectivity index (χ2v) is 6.31. The summed E-state index contributed by atoms with van der Waals surface area (Å²) < 4.78 is 18.6. The lowest BCUT2D eigenvalue weighted by Crippen LogP contribution is -2.32. The first-order valence-electron chi connectivity index (χ1n) is 8.10. The van der Waals surface area contributed by atoms with Crippen LogP contribution in [0, 0.1) is 19.7 Å². The molecular formula is C18H21FN2O3. The Hall–Kier alpha value is -2.21. The summed E-state index contributed by atoms with van der Waals surface area (Å²) >= 11 is 0. The molecule has 0 radical (unpaired) electrons. The fourth-order valence-corrected chi connectivity index (χ4v) is 3.35. The van der Waals surface area contributed by atoms with Crippen LogP contribution in [0.15, 0.2) is 28.8 Å². The van der Waals surface area contributed by atoms with Crippen LogP contribution in [0.25, 0.3) is 0 Å². The van der Waals surface area contributed by atoms with Crippen LogP contribution in [0.5, 0.6) is 0 Å². The van der Waals surface area contributed by atoms with Crippen molar-refractivity contribution in [3.63, 3.8) is 0 Å². The van der Waals surface area contributed by atoms with Crippen molar-refractivity contribution in [1.29, 1.82) is 0 Å². The number of halogens is 1. The number of hydrogen-bond donors (Lipinski definition) is 1. The average molecular weight is 332 g/mol. The van der Waals surface area contributed by atoms with Crippen molar-refractivity contribution in [3.8, 4) is 0 Å². The van der Waals surface area contributed by atoms with Crippen molar-refractivity contribution in [2.75, 3.05) is 6.54 Å². The van der Waals surface area contributed by atoms with Gasteiger partial charge in [-0.05, 0) is 44.4 Å². The number of hydrogen-bond acceptors (Lipinski definition) is 4. The first kappa shape index (κ1) is 16.6. The predicted molar refractivity (Wildman–Crippen MR) is 85.8 cm³/mol. The van der Waals surface area contributed by atoms with Gasteiger partial charge in [0, 0.05) is 18.5 Å². The Morgan fingerprint density at radius 1 is 1.46 bits per heavy atom. The number of rotatable bonds is 4. The minimum atomic E-state index is -0.582. The number of aryl methyl sites for hydroxylation is 2. The highest BCUT2D eigenvalue weighted by molar-refractivity contribution is 5.77. The van der Waals surface area contributed by atoms with Gasteiger partial charge in [-0.1, -0.05) is 17.3 Å². The predicted octanol–water partition coefficient (Wildman–Crippen LogP) is 2.70. The first-order chi connectivity index (χ1) is 11.5. The number of β-amino-alcohol motifs (C(OH)–C–C–N with tert-alkyl or cyclic N) is 1. The van der Waals surface area contributed by atoms with E-state index in [4.69, 9.17) is 4.52 Å². The molecule has 2 aromatic rings. The maximum Gasteiger partial charge on any atom is 0.223 e. The van der Waals surface area contributed by atoms with Gasteiger partial charge in [-0.15, -0.1) is 0 Å². The third-order valence-corrected chi connectivity index (χ3v) is 4.60. The summed E-state index contributed by atoms with van der Waals surface area (Å²) in [4.78, 5) is 14.3. The van der Waals surface area contributed by atoms with Crippen LogP contribution in [-0.2, 0) is 11.2 Å². The van der Waals surface area contributed by atoms with E-state index in [2.05, 4.69) is 5.16 Å². The first-order valence-corrected chi connectivity index (χ1v) is 8.10. The SMILES string of the molecule is Cc1noc(C)c1CCC(=O)N1C[C@H](O)C[C@H]1c1cccc(F)c1. The van der Waals surface area contributed by atoms with Crippen LogP contribution >= 0.6 is 0 Å². The zero-order valence-electron chi connectivity index (χ0n) is 13.8. The fourth-order valence-electron chi connectivity index (χ4n) is 3.35. The third kappa shape index (κ3) is 3.33. The number of carbonyl (C=O) groups is 1.